The highest BCUT2D eigenvalue weighted by atomic mass is 79.9. The van der Waals surface area contributed by atoms with Gasteiger partial charge < -0.3 is 5.11 Å². The Morgan fingerprint density at radius 3 is 2.75 bits per heavy atom. The molecule has 0 amide bonds. The number of carboxylic acid groups (broad SMARTS) is 1. The molecule has 0 heterocycles. The molecule has 1 saturated carbocycles. The molecule has 1 N–H and O–H groups in total. The minimum atomic E-state index is -0.660. The highest BCUT2D eigenvalue weighted by Gasteiger charge is 2.43. The van der Waals surface area contributed by atoms with E-state index in [2.05, 4.69) is 28.1 Å². The standard InChI is InChI=1S/C13H15BrO2/c14-11-3-1-2-10(8-11)4-5-13(6-7-13)9-12(15)16/h1-3,8H,4-7,9H2,(H,15,16). The lowest BCUT2D eigenvalue weighted by atomic mass is 9.94. The molecule has 1 aromatic rings. The molecule has 0 radical (unpaired) electrons. The van der Waals surface area contributed by atoms with Gasteiger partial charge in [-0.2, -0.15) is 0 Å². The predicted octanol–water partition coefficient (Wildman–Crippen LogP) is 3.64. The molecule has 1 fully saturated rings. The van der Waals surface area contributed by atoms with E-state index < -0.39 is 5.97 Å². The van der Waals surface area contributed by atoms with Gasteiger partial charge in [-0.3, -0.25) is 4.79 Å². The average Bonchev–Trinajstić information content (AvgIpc) is 2.95. The second-order valence-electron chi connectivity index (χ2n) is 4.70. The van der Waals surface area contributed by atoms with Gasteiger partial charge in [0, 0.05) is 4.47 Å². The van der Waals surface area contributed by atoms with Gasteiger partial charge in [-0.25, -0.2) is 0 Å². The van der Waals surface area contributed by atoms with Gasteiger partial charge in [-0.1, -0.05) is 28.1 Å². The fourth-order valence-corrected chi connectivity index (χ4v) is 2.56. The first-order valence-corrected chi connectivity index (χ1v) is 6.35. The maximum atomic E-state index is 10.7. The fraction of sp³-hybridized carbons (Fsp3) is 0.462. The number of rotatable bonds is 5. The average molecular weight is 283 g/mol. The SMILES string of the molecule is O=C(O)CC1(CCc2cccc(Br)c2)CC1. The largest absolute Gasteiger partial charge is 0.481 e. The van der Waals surface area contributed by atoms with Crippen LogP contribution in [0.1, 0.15) is 31.2 Å². The summed E-state index contributed by atoms with van der Waals surface area (Å²) in [6, 6.07) is 8.24. The first-order valence-electron chi connectivity index (χ1n) is 5.56. The molecule has 0 atom stereocenters. The first-order chi connectivity index (χ1) is 7.60. The second kappa shape index (κ2) is 4.58. The van der Waals surface area contributed by atoms with E-state index in [1.54, 1.807) is 0 Å². The Morgan fingerprint density at radius 2 is 2.19 bits per heavy atom. The van der Waals surface area contributed by atoms with E-state index in [1.165, 1.54) is 5.56 Å². The lowest BCUT2D eigenvalue weighted by Crippen LogP contribution is -2.09. The van der Waals surface area contributed by atoms with Crippen LogP contribution >= 0.6 is 15.9 Å². The van der Waals surface area contributed by atoms with Crippen LogP contribution in [0.4, 0.5) is 0 Å². The second-order valence-corrected chi connectivity index (χ2v) is 5.62. The summed E-state index contributed by atoms with van der Waals surface area (Å²) in [6.45, 7) is 0. The number of aliphatic carboxylic acids is 1. The van der Waals surface area contributed by atoms with Gasteiger partial charge in [0.15, 0.2) is 0 Å². The van der Waals surface area contributed by atoms with Crippen molar-refractivity contribution in [3.63, 3.8) is 0 Å². The van der Waals surface area contributed by atoms with E-state index in [9.17, 15) is 4.79 Å². The van der Waals surface area contributed by atoms with Crippen molar-refractivity contribution in [2.45, 2.75) is 32.1 Å². The summed E-state index contributed by atoms with van der Waals surface area (Å²) in [5, 5.41) is 8.82. The lowest BCUT2D eigenvalue weighted by molar-refractivity contribution is -0.138. The zero-order valence-electron chi connectivity index (χ0n) is 9.08. The van der Waals surface area contributed by atoms with E-state index >= 15 is 0 Å². The van der Waals surface area contributed by atoms with Crippen molar-refractivity contribution in [1.29, 1.82) is 0 Å². The van der Waals surface area contributed by atoms with Crippen LogP contribution in [0.15, 0.2) is 28.7 Å². The Morgan fingerprint density at radius 1 is 1.44 bits per heavy atom. The topological polar surface area (TPSA) is 37.3 Å². The van der Waals surface area contributed by atoms with Crippen molar-refractivity contribution in [3.05, 3.63) is 34.3 Å². The summed E-state index contributed by atoms with van der Waals surface area (Å²) >= 11 is 3.44. The Balaban J connectivity index is 1.90. The summed E-state index contributed by atoms with van der Waals surface area (Å²) in [4.78, 5) is 10.7. The number of hydrogen-bond donors (Lipinski definition) is 1. The fourth-order valence-electron chi connectivity index (χ4n) is 2.11. The minimum absolute atomic E-state index is 0.105. The number of carboxylic acids is 1. The first kappa shape index (κ1) is 11.6. The van der Waals surface area contributed by atoms with Crippen LogP contribution in [-0.2, 0) is 11.2 Å². The molecule has 16 heavy (non-hydrogen) atoms. The third-order valence-corrected chi connectivity index (χ3v) is 3.81. The van der Waals surface area contributed by atoms with E-state index in [0.29, 0.717) is 6.42 Å². The Hall–Kier alpha value is -0.830. The number of halogens is 1. The van der Waals surface area contributed by atoms with Gasteiger partial charge in [-0.05, 0) is 48.8 Å². The van der Waals surface area contributed by atoms with Crippen molar-refractivity contribution >= 4 is 21.9 Å². The number of hydrogen-bond acceptors (Lipinski definition) is 1. The van der Waals surface area contributed by atoms with Crippen LogP contribution in [-0.4, -0.2) is 11.1 Å². The molecule has 0 unspecified atom stereocenters. The zero-order chi connectivity index (χ0) is 11.6. The van der Waals surface area contributed by atoms with Crippen molar-refractivity contribution in [3.8, 4) is 0 Å². The van der Waals surface area contributed by atoms with E-state index in [4.69, 9.17) is 5.11 Å². The minimum Gasteiger partial charge on any atom is -0.481 e. The molecule has 3 heteroatoms. The van der Waals surface area contributed by atoms with Gasteiger partial charge in [-0.15, -0.1) is 0 Å². The molecule has 0 bridgehead atoms. The molecular formula is C13H15BrO2. The molecule has 1 aromatic carbocycles. The monoisotopic (exact) mass is 282 g/mol. The number of carbonyl (C=O) groups is 1. The highest BCUT2D eigenvalue weighted by Crippen LogP contribution is 2.52. The molecule has 0 aromatic heterocycles. The van der Waals surface area contributed by atoms with E-state index in [0.717, 1.165) is 30.2 Å². The van der Waals surface area contributed by atoms with Crippen LogP contribution in [0, 0.1) is 5.41 Å². The number of benzene rings is 1. The normalized spacial score (nSPS) is 17.1. The molecule has 86 valence electrons. The highest BCUT2D eigenvalue weighted by molar-refractivity contribution is 9.10. The van der Waals surface area contributed by atoms with Crippen molar-refractivity contribution in [2.24, 2.45) is 5.41 Å². The van der Waals surface area contributed by atoms with Gasteiger partial charge in [0.1, 0.15) is 0 Å². The van der Waals surface area contributed by atoms with Gasteiger partial charge in [0.25, 0.3) is 0 Å². The van der Waals surface area contributed by atoms with Crippen molar-refractivity contribution < 1.29 is 9.90 Å². The van der Waals surface area contributed by atoms with Crippen molar-refractivity contribution in [2.75, 3.05) is 0 Å². The number of aryl methyl sites for hydroxylation is 1. The molecule has 2 rings (SSSR count). The van der Waals surface area contributed by atoms with Crippen LogP contribution in [0.25, 0.3) is 0 Å². The van der Waals surface area contributed by atoms with Crippen LogP contribution in [0.3, 0.4) is 0 Å². The lowest BCUT2D eigenvalue weighted by Gasteiger charge is -2.12. The third-order valence-electron chi connectivity index (χ3n) is 3.32. The Kier molecular flexibility index (Phi) is 3.33. The molecule has 0 aliphatic heterocycles. The molecule has 0 saturated heterocycles. The van der Waals surface area contributed by atoms with Gasteiger partial charge in [0.2, 0.25) is 0 Å². The quantitative estimate of drug-likeness (QED) is 0.895. The predicted molar refractivity (Wildman–Crippen MR) is 66.4 cm³/mol. The van der Waals surface area contributed by atoms with E-state index in [1.807, 2.05) is 12.1 Å². The zero-order valence-corrected chi connectivity index (χ0v) is 10.7. The Bertz CT molecular complexity index is 397. The Labute approximate surface area is 104 Å². The molecule has 2 nitrogen and oxygen atoms in total. The van der Waals surface area contributed by atoms with Crippen LogP contribution in [0.2, 0.25) is 0 Å². The van der Waals surface area contributed by atoms with Gasteiger partial charge in [0.05, 0.1) is 6.42 Å². The molecule has 0 spiro atoms. The van der Waals surface area contributed by atoms with Crippen LogP contribution < -0.4 is 0 Å². The van der Waals surface area contributed by atoms with Crippen LogP contribution in [0.5, 0.6) is 0 Å². The molecular weight excluding hydrogens is 268 g/mol. The maximum Gasteiger partial charge on any atom is 0.303 e. The van der Waals surface area contributed by atoms with Gasteiger partial charge >= 0.3 is 5.97 Å². The smallest absolute Gasteiger partial charge is 0.303 e. The summed E-state index contributed by atoms with van der Waals surface area (Å²) in [5.41, 5.74) is 1.39. The van der Waals surface area contributed by atoms with Crippen molar-refractivity contribution in [1.82, 2.24) is 0 Å². The summed E-state index contributed by atoms with van der Waals surface area (Å²) in [7, 11) is 0. The molecule has 1 aliphatic carbocycles. The summed E-state index contributed by atoms with van der Waals surface area (Å²) in [5.74, 6) is -0.660. The van der Waals surface area contributed by atoms with E-state index in [-0.39, 0.29) is 5.41 Å². The maximum absolute atomic E-state index is 10.7. The molecule has 1 aliphatic rings. The summed E-state index contributed by atoms with van der Waals surface area (Å²) < 4.78 is 1.09. The summed E-state index contributed by atoms with van der Waals surface area (Å²) in [6.07, 6.45) is 4.46. The third kappa shape index (κ3) is 3.08.